The lowest BCUT2D eigenvalue weighted by atomic mass is 10.0. The molecule has 9 nitrogen and oxygen atoms in total. The summed E-state index contributed by atoms with van der Waals surface area (Å²) in [7, 11) is 4.06. The Balaban J connectivity index is 1.47. The average Bonchev–Trinajstić information content (AvgIpc) is 3.43. The van der Waals surface area contributed by atoms with Gasteiger partial charge in [0.1, 0.15) is 0 Å². The van der Waals surface area contributed by atoms with Crippen molar-refractivity contribution in [2.24, 2.45) is 0 Å². The largest absolute Gasteiger partial charge is 0.308 e. The number of aryl methyl sites for hydroxylation is 1. The quantitative estimate of drug-likeness (QED) is 0.408. The molecular weight excluding hydrogens is 409 g/mol. The van der Waals surface area contributed by atoms with Crippen molar-refractivity contribution >= 4 is 16.7 Å². The molecule has 5 rings (SSSR count). The number of aromatic nitrogens is 8. The third kappa shape index (κ3) is 3.80. The Bertz CT molecular complexity index is 1410. The summed E-state index contributed by atoms with van der Waals surface area (Å²) in [6.07, 6.45) is 5.71. The molecular formula is C22H22FN9. The molecule has 5 aromatic rings. The Hall–Kier alpha value is -3.79. The van der Waals surface area contributed by atoms with E-state index >= 15 is 4.39 Å². The Labute approximate surface area is 183 Å². The maximum atomic E-state index is 15.4. The van der Waals surface area contributed by atoms with E-state index < -0.39 is 6.17 Å². The summed E-state index contributed by atoms with van der Waals surface area (Å²) in [5, 5.41) is 17.5. The monoisotopic (exact) mass is 431 g/mol. The number of fused-ring (bicyclic) bond motifs is 2. The maximum absolute atomic E-state index is 15.4. The fourth-order valence-electron chi connectivity index (χ4n) is 3.50. The second kappa shape index (κ2) is 8.04. The first-order chi connectivity index (χ1) is 15.5. The molecule has 4 aromatic heterocycles. The maximum Gasteiger partial charge on any atom is 0.272 e. The minimum absolute atomic E-state index is 0.0989. The fraction of sp³-hybridized carbons (Fsp3) is 0.273. The van der Waals surface area contributed by atoms with Gasteiger partial charge in [-0.1, -0.05) is 6.07 Å². The van der Waals surface area contributed by atoms with Gasteiger partial charge in [0, 0.05) is 35.5 Å². The number of likely N-dealkylation sites (N-methyl/N-ethyl adjacent to an activating group) is 1. The van der Waals surface area contributed by atoms with E-state index in [1.807, 2.05) is 49.5 Å². The van der Waals surface area contributed by atoms with Gasteiger partial charge >= 0.3 is 0 Å². The van der Waals surface area contributed by atoms with Gasteiger partial charge in [-0.05, 0) is 44.8 Å². The first kappa shape index (κ1) is 20.1. The van der Waals surface area contributed by atoms with Gasteiger partial charge in [0.15, 0.2) is 12.0 Å². The second-order valence-electron chi connectivity index (χ2n) is 8.00. The predicted octanol–water partition coefficient (Wildman–Crippen LogP) is 2.86. The van der Waals surface area contributed by atoms with E-state index in [0.717, 1.165) is 35.1 Å². The van der Waals surface area contributed by atoms with Crippen LogP contribution in [0.2, 0.25) is 0 Å². The van der Waals surface area contributed by atoms with Gasteiger partial charge in [-0.3, -0.25) is 9.67 Å². The van der Waals surface area contributed by atoms with E-state index in [1.54, 1.807) is 25.3 Å². The van der Waals surface area contributed by atoms with Crippen LogP contribution in [0.15, 0.2) is 49.1 Å². The van der Waals surface area contributed by atoms with E-state index in [1.165, 1.54) is 4.52 Å². The standard InChI is InChI=1S/C22H22FN9/c1-14-10-25-22-28-27-21(32(22)29-14)20(23)15-4-5-19-16(8-15)9-17(11-24-19)18-12-26-31(13-18)7-6-30(2)3/h4-5,8-13,20H,6-7H2,1-3H3. The lowest BCUT2D eigenvalue weighted by Gasteiger charge is -2.09. The van der Waals surface area contributed by atoms with Crippen LogP contribution in [0.3, 0.4) is 0 Å². The first-order valence-corrected chi connectivity index (χ1v) is 10.2. The summed E-state index contributed by atoms with van der Waals surface area (Å²) in [5.74, 6) is 0.367. The molecule has 0 saturated carbocycles. The van der Waals surface area contributed by atoms with Crippen LogP contribution in [0.25, 0.3) is 27.8 Å². The molecule has 0 saturated heterocycles. The van der Waals surface area contributed by atoms with Crippen LogP contribution in [0, 0.1) is 6.92 Å². The highest BCUT2D eigenvalue weighted by Gasteiger charge is 2.21. The molecule has 0 amide bonds. The molecule has 4 heterocycles. The van der Waals surface area contributed by atoms with Crippen molar-refractivity contribution in [1.82, 2.24) is 44.5 Å². The van der Waals surface area contributed by atoms with E-state index in [0.29, 0.717) is 11.3 Å². The SMILES string of the molecule is Cc1cnc2nnc(C(F)c3ccc4ncc(-c5cnn(CCN(C)C)c5)cc4c3)n2n1. The van der Waals surface area contributed by atoms with Gasteiger partial charge < -0.3 is 4.90 Å². The molecule has 1 unspecified atom stereocenters. The third-order valence-corrected chi connectivity index (χ3v) is 5.24. The average molecular weight is 431 g/mol. The number of hydrogen-bond acceptors (Lipinski definition) is 7. The van der Waals surface area contributed by atoms with Crippen LogP contribution in [0.4, 0.5) is 4.39 Å². The molecule has 0 N–H and O–H groups in total. The van der Waals surface area contributed by atoms with Gasteiger partial charge in [0.2, 0.25) is 0 Å². The Morgan fingerprint density at radius 1 is 1.03 bits per heavy atom. The highest BCUT2D eigenvalue weighted by Crippen LogP contribution is 2.29. The molecule has 0 spiro atoms. The van der Waals surface area contributed by atoms with Crippen LogP contribution in [-0.2, 0) is 6.54 Å². The summed E-state index contributed by atoms with van der Waals surface area (Å²) in [4.78, 5) is 10.8. The van der Waals surface area contributed by atoms with Gasteiger partial charge in [-0.25, -0.2) is 9.37 Å². The number of alkyl halides is 1. The lowest BCUT2D eigenvalue weighted by molar-refractivity contribution is 0.373. The Kier molecular flexibility index (Phi) is 5.06. The van der Waals surface area contributed by atoms with Crippen molar-refractivity contribution in [3.05, 3.63) is 66.1 Å². The van der Waals surface area contributed by atoms with Crippen molar-refractivity contribution in [3.8, 4) is 11.1 Å². The van der Waals surface area contributed by atoms with Crippen molar-refractivity contribution in [2.75, 3.05) is 20.6 Å². The van der Waals surface area contributed by atoms with Gasteiger partial charge in [0.05, 0.1) is 30.1 Å². The van der Waals surface area contributed by atoms with Crippen LogP contribution in [0.1, 0.15) is 23.3 Å². The minimum Gasteiger partial charge on any atom is -0.308 e. The molecule has 0 aliphatic rings. The molecule has 0 fully saturated rings. The van der Waals surface area contributed by atoms with E-state index in [4.69, 9.17) is 0 Å². The highest BCUT2D eigenvalue weighted by molar-refractivity contribution is 5.84. The van der Waals surface area contributed by atoms with Gasteiger partial charge in [0.25, 0.3) is 5.78 Å². The summed E-state index contributed by atoms with van der Waals surface area (Å²) >= 11 is 0. The molecule has 162 valence electrons. The third-order valence-electron chi connectivity index (χ3n) is 5.24. The van der Waals surface area contributed by atoms with Crippen LogP contribution < -0.4 is 0 Å². The van der Waals surface area contributed by atoms with E-state index in [2.05, 4.69) is 35.3 Å². The molecule has 0 aliphatic carbocycles. The normalized spacial score (nSPS) is 12.8. The number of rotatable bonds is 6. The minimum atomic E-state index is -1.50. The number of nitrogens with zero attached hydrogens (tertiary/aromatic N) is 9. The Morgan fingerprint density at radius 2 is 1.91 bits per heavy atom. The first-order valence-electron chi connectivity index (χ1n) is 10.2. The van der Waals surface area contributed by atoms with Crippen LogP contribution in [-0.4, -0.2) is 65.1 Å². The molecule has 0 aliphatic heterocycles. The van der Waals surface area contributed by atoms with Crippen molar-refractivity contribution in [2.45, 2.75) is 19.6 Å². The van der Waals surface area contributed by atoms with Gasteiger partial charge in [-0.2, -0.15) is 14.7 Å². The Morgan fingerprint density at radius 3 is 2.75 bits per heavy atom. The van der Waals surface area contributed by atoms with Gasteiger partial charge in [-0.15, -0.1) is 10.2 Å². The zero-order valence-electron chi connectivity index (χ0n) is 18.0. The molecule has 32 heavy (non-hydrogen) atoms. The number of halogens is 1. The summed E-state index contributed by atoms with van der Waals surface area (Å²) in [5.41, 5.74) is 3.79. The topological polar surface area (TPSA) is 89.9 Å². The molecule has 0 bridgehead atoms. The zero-order valence-corrected chi connectivity index (χ0v) is 18.0. The highest BCUT2D eigenvalue weighted by atomic mass is 19.1. The van der Waals surface area contributed by atoms with Crippen LogP contribution in [0.5, 0.6) is 0 Å². The van der Waals surface area contributed by atoms with Crippen LogP contribution >= 0.6 is 0 Å². The molecule has 10 heteroatoms. The zero-order chi connectivity index (χ0) is 22.2. The number of pyridine rings is 1. The molecule has 0 radical (unpaired) electrons. The fourth-order valence-corrected chi connectivity index (χ4v) is 3.50. The second-order valence-corrected chi connectivity index (χ2v) is 8.00. The summed E-state index contributed by atoms with van der Waals surface area (Å²) < 4.78 is 18.7. The lowest BCUT2D eigenvalue weighted by Crippen LogP contribution is -2.18. The van der Waals surface area contributed by atoms with Crippen molar-refractivity contribution < 1.29 is 4.39 Å². The van der Waals surface area contributed by atoms with Crippen molar-refractivity contribution in [1.29, 1.82) is 0 Å². The number of hydrogen-bond donors (Lipinski definition) is 0. The van der Waals surface area contributed by atoms with E-state index in [9.17, 15) is 0 Å². The molecule has 1 atom stereocenters. The number of benzene rings is 1. The molecule has 1 aromatic carbocycles. The van der Waals surface area contributed by atoms with Crippen molar-refractivity contribution in [3.63, 3.8) is 0 Å². The van der Waals surface area contributed by atoms with E-state index in [-0.39, 0.29) is 11.6 Å². The summed E-state index contributed by atoms with van der Waals surface area (Å²) in [6, 6.07) is 7.31. The smallest absolute Gasteiger partial charge is 0.272 e. The predicted molar refractivity (Wildman–Crippen MR) is 118 cm³/mol. The summed E-state index contributed by atoms with van der Waals surface area (Å²) in [6.45, 7) is 3.49.